The van der Waals surface area contributed by atoms with Crippen LogP contribution in [0.15, 0.2) is 6.07 Å². The molecule has 1 saturated carbocycles. The molecule has 0 heterocycles. The number of fused-ring (bicyclic) bond motifs is 3. The highest BCUT2D eigenvalue weighted by Gasteiger charge is 2.47. The molecule has 0 spiro atoms. The molecule has 2 heteroatoms. The van der Waals surface area contributed by atoms with Crippen molar-refractivity contribution in [3.63, 3.8) is 0 Å². The zero-order valence-corrected chi connectivity index (χ0v) is 14.7. The van der Waals surface area contributed by atoms with E-state index >= 15 is 0 Å². The van der Waals surface area contributed by atoms with Crippen molar-refractivity contribution >= 4 is 0 Å². The van der Waals surface area contributed by atoms with Crippen LogP contribution < -0.4 is 4.74 Å². The van der Waals surface area contributed by atoms with Gasteiger partial charge in [0.2, 0.25) is 0 Å². The summed E-state index contributed by atoms with van der Waals surface area (Å²) in [5, 5.41) is 11.0. The molecular formula is C20H30O2. The number of phenolic OH excluding ortho intramolecular Hbond substituents is 1. The second-order valence-corrected chi connectivity index (χ2v) is 7.97. The average molecular weight is 302 g/mol. The van der Waals surface area contributed by atoms with E-state index in [4.69, 9.17) is 4.74 Å². The number of aromatic hydroxyl groups is 1. The van der Waals surface area contributed by atoms with Crippen LogP contribution in [0.4, 0.5) is 0 Å². The van der Waals surface area contributed by atoms with Gasteiger partial charge in [-0.2, -0.15) is 0 Å². The summed E-state index contributed by atoms with van der Waals surface area (Å²) >= 11 is 0. The van der Waals surface area contributed by atoms with Gasteiger partial charge in [-0.05, 0) is 48.0 Å². The lowest BCUT2D eigenvalue weighted by atomic mass is 9.55. The van der Waals surface area contributed by atoms with Gasteiger partial charge in [0.25, 0.3) is 0 Å². The third kappa shape index (κ3) is 2.14. The summed E-state index contributed by atoms with van der Waals surface area (Å²) in [5.41, 5.74) is 3.80. The maximum Gasteiger partial charge on any atom is 0.164 e. The van der Waals surface area contributed by atoms with Gasteiger partial charge in [0.05, 0.1) is 7.11 Å². The molecular weight excluding hydrogens is 272 g/mol. The maximum absolute atomic E-state index is 11.0. The van der Waals surface area contributed by atoms with Crippen molar-refractivity contribution in [1.29, 1.82) is 0 Å². The number of aryl methyl sites for hydroxylation is 1. The van der Waals surface area contributed by atoms with Gasteiger partial charge in [0.15, 0.2) is 11.5 Å². The Morgan fingerprint density at radius 3 is 2.68 bits per heavy atom. The van der Waals surface area contributed by atoms with Crippen LogP contribution in [0, 0.1) is 11.8 Å². The SMILES string of the molecule is COc1c(C(C)C)cc2c(c1O)C1(C)CCCC(C)C1CC2. The third-order valence-electron chi connectivity index (χ3n) is 6.35. The maximum atomic E-state index is 11.0. The molecule has 22 heavy (non-hydrogen) atoms. The number of ether oxygens (including phenoxy) is 1. The number of rotatable bonds is 2. The second kappa shape index (κ2) is 5.47. The van der Waals surface area contributed by atoms with Gasteiger partial charge in [-0.3, -0.25) is 0 Å². The van der Waals surface area contributed by atoms with Gasteiger partial charge >= 0.3 is 0 Å². The van der Waals surface area contributed by atoms with Gasteiger partial charge in [-0.1, -0.05) is 46.6 Å². The predicted octanol–water partition coefficient (Wildman–Crippen LogP) is 5.16. The molecule has 1 N–H and O–H groups in total. The first-order valence-electron chi connectivity index (χ1n) is 8.83. The van der Waals surface area contributed by atoms with Crippen molar-refractivity contribution in [3.8, 4) is 11.5 Å². The topological polar surface area (TPSA) is 29.5 Å². The molecule has 0 aromatic heterocycles. The summed E-state index contributed by atoms with van der Waals surface area (Å²) in [5.74, 6) is 2.93. The zero-order chi connectivity index (χ0) is 16.1. The molecule has 0 amide bonds. The lowest BCUT2D eigenvalue weighted by Gasteiger charge is -2.50. The highest BCUT2D eigenvalue weighted by molar-refractivity contribution is 5.59. The molecule has 2 nitrogen and oxygen atoms in total. The fraction of sp³-hybridized carbons (Fsp3) is 0.700. The summed E-state index contributed by atoms with van der Waals surface area (Å²) in [4.78, 5) is 0. The molecule has 3 atom stereocenters. The Morgan fingerprint density at radius 1 is 1.32 bits per heavy atom. The highest BCUT2D eigenvalue weighted by Crippen LogP contribution is 2.57. The monoisotopic (exact) mass is 302 g/mol. The molecule has 1 fully saturated rings. The molecule has 1 aromatic rings. The average Bonchev–Trinajstić information content (AvgIpc) is 2.46. The smallest absolute Gasteiger partial charge is 0.164 e. The van der Waals surface area contributed by atoms with E-state index in [0.29, 0.717) is 23.3 Å². The first-order chi connectivity index (χ1) is 10.4. The molecule has 1 aromatic carbocycles. The van der Waals surface area contributed by atoms with Gasteiger partial charge in [-0.15, -0.1) is 0 Å². The van der Waals surface area contributed by atoms with Crippen LogP contribution >= 0.6 is 0 Å². The van der Waals surface area contributed by atoms with Gasteiger partial charge in [0.1, 0.15) is 0 Å². The minimum absolute atomic E-state index is 0.109. The standard InChI is InChI=1S/C20H30O2/c1-12(2)15-11-14-8-9-16-13(3)7-6-10-20(16,4)17(14)18(21)19(15)22-5/h11-13,16,21H,6-10H2,1-5H3. The third-order valence-corrected chi connectivity index (χ3v) is 6.35. The van der Waals surface area contributed by atoms with E-state index in [2.05, 4.69) is 33.8 Å². The first kappa shape index (κ1) is 15.7. The van der Waals surface area contributed by atoms with E-state index in [0.717, 1.165) is 17.9 Å². The van der Waals surface area contributed by atoms with Crippen LogP contribution in [0.5, 0.6) is 11.5 Å². The quantitative estimate of drug-likeness (QED) is 0.817. The Kier molecular flexibility index (Phi) is 3.91. The fourth-order valence-electron chi connectivity index (χ4n) is 5.24. The van der Waals surface area contributed by atoms with E-state index in [1.807, 2.05) is 0 Å². The lowest BCUT2D eigenvalue weighted by molar-refractivity contribution is 0.114. The molecule has 2 aliphatic carbocycles. The summed E-state index contributed by atoms with van der Waals surface area (Å²) < 4.78 is 5.61. The molecule has 0 bridgehead atoms. The molecule has 3 unspecified atom stereocenters. The molecule has 2 aliphatic rings. The van der Waals surface area contributed by atoms with Crippen LogP contribution in [0.1, 0.15) is 76.0 Å². The summed E-state index contributed by atoms with van der Waals surface area (Å²) in [6.45, 7) is 9.10. The Bertz CT molecular complexity index is 576. The number of hydrogen-bond donors (Lipinski definition) is 1. The van der Waals surface area contributed by atoms with Crippen molar-refractivity contribution in [2.24, 2.45) is 11.8 Å². The molecule has 0 radical (unpaired) electrons. The minimum Gasteiger partial charge on any atom is -0.504 e. The van der Waals surface area contributed by atoms with Crippen molar-refractivity contribution in [2.75, 3.05) is 7.11 Å². The molecule has 122 valence electrons. The Balaban J connectivity index is 2.21. The number of benzene rings is 1. The van der Waals surface area contributed by atoms with E-state index in [1.54, 1.807) is 7.11 Å². The van der Waals surface area contributed by atoms with E-state index < -0.39 is 0 Å². The fourth-order valence-corrected chi connectivity index (χ4v) is 5.24. The van der Waals surface area contributed by atoms with E-state index in [-0.39, 0.29) is 5.41 Å². The van der Waals surface area contributed by atoms with E-state index in [9.17, 15) is 5.11 Å². The summed E-state index contributed by atoms with van der Waals surface area (Å²) in [7, 11) is 1.68. The van der Waals surface area contributed by atoms with E-state index in [1.165, 1.54) is 36.8 Å². The molecule has 3 rings (SSSR count). The van der Waals surface area contributed by atoms with Crippen LogP contribution in [-0.2, 0) is 11.8 Å². The molecule has 0 aliphatic heterocycles. The summed E-state index contributed by atoms with van der Waals surface area (Å²) in [6, 6.07) is 2.30. The number of methoxy groups -OCH3 is 1. The minimum atomic E-state index is 0.109. The highest BCUT2D eigenvalue weighted by atomic mass is 16.5. The van der Waals surface area contributed by atoms with Gasteiger partial charge in [0, 0.05) is 11.1 Å². The molecule has 0 saturated heterocycles. The van der Waals surface area contributed by atoms with Gasteiger partial charge in [-0.25, -0.2) is 0 Å². The van der Waals surface area contributed by atoms with Gasteiger partial charge < -0.3 is 9.84 Å². The zero-order valence-electron chi connectivity index (χ0n) is 14.7. The Morgan fingerprint density at radius 2 is 2.05 bits per heavy atom. The second-order valence-electron chi connectivity index (χ2n) is 7.97. The summed E-state index contributed by atoms with van der Waals surface area (Å²) in [6.07, 6.45) is 6.14. The number of hydrogen-bond acceptors (Lipinski definition) is 2. The van der Waals surface area contributed by atoms with Crippen LogP contribution in [0.25, 0.3) is 0 Å². The normalized spacial score (nSPS) is 30.8. The Hall–Kier alpha value is -1.18. The predicted molar refractivity (Wildman–Crippen MR) is 90.9 cm³/mol. The van der Waals surface area contributed by atoms with Crippen LogP contribution in [-0.4, -0.2) is 12.2 Å². The lowest BCUT2D eigenvalue weighted by Crippen LogP contribution is -2.43. The number of phenols is 1. The van der Waals surface area contributed by atoms with Crippen LogP contribution in [0.3, 0.4) is 0 Å². The first-order valence-corrected chi connectivity index (χ1v) is 8.83. The Labute approximate surface area is 134 Å². The van der Waals surface area contributed by atoms with Crippen LogP contribution in [0.2, 0.25) is 0 Å². The van der Waals surface area contributed by atoms with Crippen molar-refractivity contribution in [1.82, 2.24) is 0 Å². The van der Waals surface area contributed by atoms with Crippen molar-refractivity contribution in [2.45, 2.75) is 71.1 Å². The van der Waals surface area contributed by atoms with Crippen molar-refractivity contribution in [3.05, 3.63) is 22.8 Å². The van der Waals surface area contributed by atoms with Crippen molar-refractivity contribution < 1.29 is 9.84 Å². The largest absolute Gasteiger partial charge is 0.504 e.